The Balaban J connectivity index is 3.17. The second-order valence-corrected chi connectivity index (χ2v) is 8.83. The molecule has 0 aliphatic heterocycles. The maximum Gasteiger partial charge on any atom is 0.242 e. The molecule has 0 aliphatic rings. The lowest BCUT2D eigenvalue weighted by molar-refractivity contribution is 0.447. The normalized spacial score (nSPS) is 11.0. The van der Waals surface area contributed by atoms with Crippen LogP contribution < -0.4 is 4.43 Å². The first-order valence-electron chi connectivity index (χ1n) is 4.88. The zero-order chi connectivity index (χ0) is 12.3. The average Bonchev–Trinajstić information content (AvgIpc) is 2.16. The third-order valence-electron chi connectivity index (χ3n) is 1.81. The lowest BCUT2D eigenvalue weighted by Gasteiger charge is -2.20. The van der Waals surface area contributed by atoms with Crippen LogP contribution in [0.2, 0.25) is 19.6 Å². The molecule has 2 nitrogen and oxygen atoms in total. The first-order chi connectivity index (χ1) is 7.35. The second-order valence-electron chi connectivity index (χ2n) is 4.40. The number of nitriles is 1. The fraction of sp³-hybridized carbons (Fsp3) is 0.364. The van der Waals surface area contributed by atoms with E-state index >= 15 is 0 Å². The van der Waals surface area contributed by atoms with Crippen molar-refractivity contribution in [2.75, 3.05) is 0 Å². The van der Waals surface area contributed by atoms with Gasteiger partial charge in [0, 0.05) is 5.56 Å². The van der Waals surface area contributed by atoms with Crippen LogP contribution in [0.15, 0.2) is 12.1 Å². The molecule has 0 radical (unpaired) electrons. The number of hydrogen-bond donors (Lipinski definition) is 0. The molecule has 0 amide bonds. The molecule has 1 rings (SSSR count). The van der Waals surface area contributed by atoms with Crippen LogP contribution in [0.5, 0.6) is 5.75 Å². The predicted molar refractivity (Wildman–Crippen MR) is 59.6 cm³/mol. The predicted octanol–water partition coefficient (Wildman–Crippen LogP) is 3.24. The van der Waals surface area contributed by atoms with Crippen molar-refractivity contribution in [2.24, 2.45) is 0 Å². The molecule has 0 aromatic heterocycles. The smallest absolute Gasteiger partial charge is 0.242 e. The number of nitrogens with zero attached hydrogens (tertiary/aromatic N) is 1. The van der Waals surface area contributed by atoms with Gasteiger partial charge in [-0.05, 0) is 25.7 Å². The lowest BCUT2D eigenvalue weighted by Crippen LogP contribution is -2.30. The van der Waals surface area contributed by atoms with E-state index in [0.29, 0.717) is 0 Å². The van der Waals surface area contributed by atoms with E-state index < -0.39 is 20.0 Å². The van der Waals surface area contributed by atoms with Crippen molar-refractivity contribution >= 4 is 8.32 Å². The molecular formula is C11H13F2NOSi. The molecule has 0 N–H and O–H groups in total. The van der Waals surface area contributed by atoms with Crippen molar-refractivity contribution < 1.29 is 13.2 Å². The second kappa shape index (κ2) is 4.62. The summed E-state index contributed by atoms with van der Waals surface area (Å²) < 4.78 is 32.5. The van der Waals surface area contributed by atoms with Gasteiger partial charge in [0.05, 0.1) is 12.5 Å². The van der Waals surface area contributed by atoms with Gasteiger partial charge < -0.3 is 4.43 Å². The van der Waals surface area contributed by atoms with Crippen LogP contribution in [0.4, 0.5) is 8.78 Å². The summed E-state index contributed by atoms with van der Waals surface area (Å²) in [5, 5.41) is 8.49. The summed E-state index contributed by atoms with van der Waals surface area (Å²) in [5.41, 5.74) is 0.164. The average molecular weight is 241 g/mol. The van der Waals surface area contributed by atoms with E-state index in [-0.39, 0.29) is 17.7 Å². The Bertz CT molecular complexity index is 435. The fourth-order valence-electron chi connectivity index (χ4n) is 1.19. The van der Waals surface area contributed by atoms with Gasteiger partial charge in [0.2, 0.25) is 8.32 Å². The maximum atomic E-state index is 13.8. The van der Waals surface area contributed by atoms with Crippen molar-refractivity contribution in [3.8, 4) is 11.8 Å². The Kier molecular flexibility index (Phi) is 3.65. The van der Waals surface area contributed by atoms with Gasteiger partial charge in [-0.2, -0.15) is 5.26 Å². The summed E-state index contributed by atoms with van der Waals surface area (Å²) >= 11 is 0. The van der Waals surface area contributed by atoms with Gasteiger partial charge in [-0.25, -0.2) is 8.78 Å². The highest BCUT2D eigenvalue weighted by Crippen LogP contribution is 2.27. The lowest BCUT2D eigenvalue weighted by atomic mass is 10.1. The molecule has 86 valence electrons. The Labute approximate surface area is 94.6 Å². The number of benzene rings is 1. The van der Waals surface area contributed by atoms with E-state index in [4.69, 9.17) is 9.69 Å². The molecule has 0 heterocycles. The minimum atomic E-state index is -2.07. The topological polar surface area (TPSA) is 33.0 Å². The molecule has 0 bridgehead atoms. The largest absolute Gasteiger partial charge is 0.540 e. The summed E-state index contributed by atoms with van der Waals surface area (Å²) in [5.74, 6) is -1.84. The maximum absolute atomic E-state index is 13.8. The number of rotatable bonds is 3. The van der Waals surface area contributed by atoms with Crippen LogP contribution in [0.1, 0.15) is 5.56 Å². The molecule has 5 heteroatoms. The van der Waals surface area contributed by atoms with E-state index in [1.165, 1.54) is 6.07 Å². The van der Waals surface area contributed by atoms with Crippen molar-refractivity contribution in [1.29, 1.82) is 5.26 Å². The first kappa shape index (κ1) is 12.7. The first-order valence-corrected chi connectivity index (χ1v) is 8.29. The summed E-state index contributed by atoms with van der Waals surface area (Å²) in [6, 6.07) is 4.23. The Morgan fingerprint density at radius 3 is 2.44 bits per heavy atom. The summed E-state index contributed by atoms with van der Waals surface area (Å²) in [4.78, 5) is 0. The van der Waals surface area contributed by atoms with Crippen LogP contribution >= 0.6 is 0 Å². The van der Waals surface area contributed by atoms with Gasteiger partial charge >= 0.3 is 0 Å². The van der Waals surface area contributed by atoms with Crippen LogP contribution in [0.25, 0.3) is 0 Å². The minimum Gasteiger partial charge on any atom is -0.540 e. The molecule has 0 unspecified atom stereocenters. The SMILES string of the molecule is C[Si](C)(C)Oc1c(F)ccc(CC#N)c1F. The monoisotopic (exact) mass is 241 g/mol. The van der Waals surface area contributed by atoms with Gasteiger partial charge in [0.25, 0.3) is 0 Å². The highest BCUT2D eigenvalue weighted by atomic mass is 28.4. The third kappa shape index (κ3) is 3.04. The van der Waals surface area contributed by atoms with E-state index in [1.54, 1.807) is 0 Å². The van der Waals surface area contributed by atoms with Gasteiger partial charge in [-0.3, -0.25) is 0 Å². The minimum absolute atomic E-state index is 0.0891. The summed E-state index contributed by atoms with van der Waals surface area (Å²) in [7, 11) is -2.07. The van der Waals surface area contributed by atoms with Crippen molar-refractivity contribution in [2.45, 2.75) is 26.1 Å². The molecule has 0 atom stereocenters. The number of hydrogen-bond acceptors (Lipinski definition) is 2. The van der Waals surface area contributed by atoms with Gasteiger partial charge in [-0.1, -0.05) is 6.07 Å². The summed E-state index contributed by atoms with van der Waals surface area (Å²) in [6.07, 6.45) is -0.0891. The Hall–Kier alpha value is -1.41. The van der Waals surface area contributed by atoms with E-state index in [2.05, 4.69) is 0 Å². The van der Waals surface area contributed by atoms with E-state index in [9.17, 15) is 8.78 Å². The molecule has 0 fully saturated rings. The molecule has 0 spiro atoms. The van der Waals surface area contributed by atoms with Crippen molar-refractivity contribution in [3.63, 3.8) is 0 Å². The van der Waals surface area contributed by atoms with E-state index in [1.807, 2.05) is 25.7 Å². The highest BCUT2D eigenvalue weighted by Gasteiger charge is 2.22. The zero-order valence-electron chi connectivity index (χ0n) is 9.47. The van der Waals surface area contributed by atoms with Crippen molar-refractivity contribution in [1.82, 2.24) is 0 Å². The third-order valence-corrected chi connectivity index (χ3v) is 2.62. The highest BCUT2D eigenvalue weighted by molar-refractivity contribution is 6.70. The standard InChI is InChI=1S/C11H13F2NOSi/c1-16(2,3)15-11-9(12)5-4-8(6-7-14)10(11)13/h4-5H,6H2,1-3H3. The van der Waals surface area contributed by atoms with Crippen LogP contribution in [0, 0.1) is 23.0 Å². The number of halogens is 2. The van der Waals surface area contributed by atoms with Crippen LogP contribution in [-0.2, 0) is 6.42 Å². The molecule has 16 heavy (non-hydrogen) atoms. The quantitative estimate of drug-likeness (QED) is 0.761. The Morgan fingerprint density at radius 1 is 1.31 bits per heavy atom. The molecule has 1 aromatic rings. The van der Waals surface area contributed by atoms with Gasteiger partial charge in [0.15, 0.2) is 17.4 Å². The van der Waals surface area contributed by atoms with Crippen LogP contribution in [-0.4, -0.2) is 8.32 Å². The van der Waals surface area contributed by atoms with Crippen molar-refractivity contribution in [3.05, 3.63) is 29.3 Å². The fourth-order valence-corrected chi connectivity index (χ4v) is 1.99. The molecule has 0 saturated heterocycles. The van der Waals surface area contributed by atoms with E-state index in [0.717, 1.165) is 6.07 Å². The molecular weight excluding hydrogens is 228 g/mol. The Morgan fingerprint density at radius 2 is 1.94 bits per heavy atom. The molecule has 0 aliphatic carbocycles. The van der Waals surface area contributed by atoms with Crippen LogP contribution in [0.3, 0.4) is 0 Å². The zero-order valence-corrected chi connectivity index (χ0v) is 10.5. The van der Waals surface area contributed by atoms with Gasteiger partial charge in [0.1, 0.15) is 0 Å². The summed E-state index contributed by atoms with van der Waals surface area (Å²) in [6.45, 7) is 5.51. The molecule has 0 saturated carbocycles. The molecule has 1 aromatic carbocycles. The van der Waals surface area contributed by atoms with Gasteiger partial charge in [-0.15, -0.1) is 0 Å².